The number of carbonyl (C=O) groups excluding carboxylic acids is 2. The summed E-state index contributed by atoms with van der Waals surface area (Å²) in [5, 5.41) is 7.40. The number of alkyl halides is 2. The Hall–Kier alpha value is -3.53. The maximum atomic E-state index is 13.9. The lowest BCUT2D eigenvalue weighted by atomic mass is 9.74. The lowest BCUT2D eigenvalue weighted by Crippen LogP contribution is -2.64. The molecule has 4 heterocycles. The summed E-state index contributed by atoms with van der Waals surface area (Å²) in [5.41, 5.74) is 1.81. The Kier molecular flexibility index (Phi) is 6.98. The number of anilines is 2. The van der Waals surface area contributed by atoms with Crippen LogP contribution in [0.4, 0.5) is 20.2 Å². The summed E-state index contributed by atoms with van der Waals surface area (Å²) in [7, 11) is 0. The van der Waals surface area contributed by atoms with Gasteiger partial charge in [-0.15, -0.1) is 0 Å². The van der Waals surface area contributed by atoms with E-state index < -0.39 is 23.4 Å². The number of nitrogens with one attached hydrogen (secondary N) is 1. The number of aromatic nitrogens is 3. The van der Waals surface area contributed by atoms with Crippen LogP contribution < -0.4 is 15.1 Å². The monoisotopic (exact) mass is 568 g/mol. The number of benzene rings is 1. The van der Waals surface area contributed by atoms with Gasteiger partial charge >= 0.3 is 0 Å². The van der Waals surface area contributed by atoms with Gasteiger partial charge in [0.15, 0.2) is 0 Å². The SMILES string of the molecule is CCn1cc(N2CC3(C2)C(=O)N(C[C@H]2CC[C@H](NC(=O)c4cc(Cl)cnc4C(F)F)CC2)c2ccccc23)cn1. The first-order valence-corrected chi connectivity index (χ1v) is 14.1. The molecule has 0 atom stereocenters. The molecule has 0 bridgehead atoms. The highest BCUT2D eigenvalue weighted by Crippen LogP contribution is 2.49. The topological polar surface area (TPSA) is 83.4 Å². The molecule has 1 N–H and O–H groups in total. The molecule has 8 nitrogen and oxygen atoms in total. The predicted molar refractivity (Wildman–Crippen MR) is 148 cm³/mol. The molecule has 0 unspecified atom stereocenters. The Labute approximate surface area is 236 Å². The summed E-state index contributed by atoms with van der Waals surface area (Å²) in [6.45, 7) is 4.73. The molecule has 2 fully saturated rings. The Bertz CT molecular complexity index is 1430. The van der Waals surface area contributed by atoms with Gasteiger partial charge in [0.2, 0.25) is 5.91 Å². The van der Waals surface area contributed by atoms with Crippen molar-refractivity contribution in [3.63, 3.8) is 0 Å². The fourth-order valence-corrected chi connectivity index (χ4v) is 6.53. The number of rotatable bonds is 7. The molecule has 1 spiro atoms. The number of halogens is 3. The summed E-state index contributed by atoms with van der Waals surface area (Å²) in [4.78, 5) is 34.5. The number of hydrogen-bond acceptors (Lipinski definition) is 5. The van der Waals surface area contributed by atoms with Gasteiger partial charge in [0.25, 0.3) is 12.3 Å². The fraction of sp³-hybridized carbons (Fsp3) is 0.448. The van der Waals surface area contributed by atoms with Gasteiger partial charge in [0, 0.05) is 50.3 Å². The molecule has 11 heteroatoms. The summed E-state index contributed by atoms with van der Waals surface area (Å²) < 4.78 is 28.6. The number of aryl methyl sites for hydroxylation is 1. The van der Waals surface area contributed by atoms with Crippen molar-refractivity contribution in [3.05, 3.63) is 70.8 Å². The molecule has 2 amide bonds. The zero-order chi connectivity index (χ0) is 28.0. The van der Waals surface area contributed by atoms with Crippen LogP contribution >= 0.6 is 11.6 Å². The van der Waals surface area contributed by atoms with E-state index in [1.54, 1.807) is 0 Å². The van der Waals surface area contributed by atoms with E-state index in [1.165, 1.54) is 6.07 Å². The van der Waals surface area contributed by atoms with Crippen LogP contribution in [0, 0.1) is 5.92 Å². The quantitative estimate of drug-likeness (QED) is 0.434. The van der Waals surface area contributed by atoms with Gasteiger partial charge in [-0.3, -0.25) is 19.3 Å². The third-order valence-corrected chi connectivity index (χ3v) is 8.76. The maximum Gasteiger partial charge on any atom is 0.281 e. The van der Waals surface area contributed by atoms with E-state index in [9.17, 15) is 18.4 Å². The molecule has 6 rings (SSSR count). The predicted octanol–water partition coefficient (Wildman–Crippen LogP) is 4.98. The van der Waals surface area contributed by atoms with Crippen LogP contribution in [-0.2, 0) is 16.8 Å². The van der Waals surface area contributed by atoms with E-state index in [4.69, 9.17) is 11.6 Å². The Morgan fingerprint density at radius 2 is 1.93 bits per heavy atom. The standard InChI is InChI=1S/C29H31ClF2N6O2/c1-2-37-15-21(13-34-37)36-16-29(17-36)23-5-3-4-6-24(23)38(28(29)40)14-18-7-9-20(10-8-18)35-27(39)22-11-19(30)12-33-25(22)26(31)32/h3-6,11-13,15,18,20,26H,2,7-10,14,16-17H2,1H3,(H,35,39)/t18-,20-. The molecule has 2 aromatic heterocycles. The Balaban J connectivity index is 1.09. The first kappa shape index (κ1) is 26.7. The Morgan fingerprint density at radius 3 is 2.62 bits per heavy atom. The van der Waals surface area contributed by atoms with Gasteiger partial charge in [0.1, 0.15) is 11.1 Å². The molecule has 1 aliphatic carbocycles. The number of carbonyl (C=O) groups is 2. The number of para-hydroxylation sites is 1. The zero-order valence-electron chi connectivity index (χ0n) is 22.2. The number of amides is 2. The smallest absolute Gasteiger partial charge is 0.281 e. The van der Waals surface area contributed by atoms with Gasteiger partial charge in [-0.05, 0) is 56.2 Å². The second kappa shape index (κ2) is 10.5. The largest absolute Gasteiger partial charge is 0.366 e. The van der Waals surface area contributed by atoms with E-state index in [0.717, 1.165) is 42.5 Å². The van der Waals surface area contributed by atoms with E-state index in [1.807, 2.05) is 47.1 Å². The second-order valence-electron chi connectivity index (χ2n) is 11.0. The average Bonchev–Trinajstić information content (AvgIpc) is 3.49. The minimum Gasteiger partial charge on any atom is -0.366 e. The first-order valence-electron chi connectivity index (χ1n) is 13.7. The van der Waals surface area contributed by atoms with Gasteiger partial charge in [-0.2, -0.15) is 5.10 Å². The first-order chi connectivity index (χ1) is 19.3. The molecule has 3 aliphatic rings. The summed E-state index contributed by atoms with van der Waals surface area (Å²) in [6.07, 6.45) is 5.18. The lowest BCUT2D eigenvalue weighted by molar-refractivity contribution is -0.124. The van der Waals surface area contributed by atoms with E-state index in [2.05, 4.69) is 26.4 Å². The van der Waals surface area contributed by atoms with Gasteiger partial charge in [0.05, 0.1) is 22.5 Å². The van der Waals surface area contributed by atoms with Gasteiger partial charge < -0.3 is 15.1 Å². The van der Waals surface area contributed by atoms with Crippen LogP contribution in [0.1, 0.15) is 60.6 Å². The van der Waals surface area contributed by atoms with E-state index >= 15 is 0 Å². The third-order valence-electron chi connectivity index (χ3n) is 8.55. The fourth-order valence-electron chi connectivity index (χ4n) is 6.38. The molecule has 1 saturated carbocycles. The van der Waals surface area contributed by atoms with Crippen molar-refractivity contribution >= 4 is 34.8 Å². The number of fused-ring (bicyclic) bond motifs is 2. The van der Waals surface area contributed by atoms with Crippen molar-refractivity contribution in [2.45, 2.75) is 57.0 Å². The van der Waals surface area contributed by atoms with Gasteiger partial charge in [-0.25, -0.2) is 8.78 Å². The number of pyridine rings is 1. The van der Waals surface area contributed by atoms with E-state index in [-0.39, 0.29) is 28.5 Å². The van der Waals surface area contributed by atoms with Crippen LogP contribution in [0.15, 0.2) is 48.9 Å². The number of hydrogen-bond donors (Lipinski definition) is 1. The highest BCUT2D eigenvalue weighted by molar-refractivity contribution is 6.30. The molecule has 1 aromatic carbocycles. The third kappa shape index (κ3) is 4.62. The summed E-state index contributed by atoms with van der Waals surface area (Å²) in [6, 6.07) is 9.18. The maximum absolute atomic E-state index is 13.9. The summed E-state index contributed by atoms with van der Waals surface area (Å²) in [5.74, 6) is -0.154. The summed E-state index contributed by atoms with van der Waals surface area (Å²) >= 11 is 5.91. The second-order valence-corrected chi connectivity index (χ2v) is 11.4. The molecule has 1 saturated heterocycles. The van der Waals surface area contributed by atoms with Crippen LogP contribution in [0.25, 0.3) is 0 Å². The molecule has 40 heavy (non-hydrogen) atoms. The Morgan fingerprint density at radius 1 is 1.18 bits per heavy atom. The van der Waals surface area contributed by atoms with Crippen LogP contribution in [0.3, 0.4) is 0 Å². The zero-order valence-corrected chi connectivity index (χ0v) is 23.0. The molecular weight excluding hydrogens is 538 g/mol. The average molecular weight is 569 g/mol. The van der Waals surface area contributed by atoms with Crippen molar-refractivity contribution in [2.24, 2.45) is 5.92 Å². The van der Waals surface area contributed by atoms with Gasteiger partial charge in [-0.1, -0.05) is 29.8 Å². The molecule has 2 aliphatic heterocycles. The van der Waals surface area contributed by atoms with Crippen molar-refractivity contribution < 1.29 is 18.4 Å². The molecule has 0 radical (unpaired) electrons. The number of nitrogens with zero attached hydrogens (tertiary/aromatic N) is 5. The van der Waals surface area contributed by atoms with Crippen molar-refractivity contribution in [1.29, 1.82) is 0 Å². The lowest BCUT2D eigenvalue weighted by Gasteiger charge is -2.47. The normalized spacial score (nSPS) is 21.6. The highest BCUT2D eigenvalue weighted by atomic mass is 35.5. The van der Waals surface area contributed by atoms with Crippen LogP contribution in [0.5, 0.6) is 0 Å². The van der Waals surface area contributed by atoms with Crippen molar-refractivity contribution in [3.8, 4) is 0 Å². The minimum absolute atomic E-state index is 0.134. The van der Waals surface area contributed by atoms with Crippen LogP contribution in [0.2, 0.25) is 5.02 Å². The molecule has 3 aromatic rings. The minimum atomic E-state index is -2.87. The highest BCUT2D eigenvalue weighted by Gasteiger charge is 2.58. The van der Waals surface area contributed by atoms with Crippen molar-refractivity contribution in [2.75, 3.05) is 29.4 Å². The molecule has 210 valence electrons. The van der Waals surface area contributed by atoms with E-state index in [0.29, 0.717) is 32.5 Å². The van der Waals surface area contributed by atoms with Crippen LogP contribution in [-0.4, -0.2) is 52.3 Å². The molecular formula is C29H31ClF2N6O2. The van der Waals surface area contributed by atoms with Crippen molar-refractivity contribution in [1.82, 2.24) is 20.1 Å².